The molecule has 0 spiro atoms. The number of benzene rings is 2. The van der Waals surface area contributed by atoms with Crippen LogP contribution in [0.15, 0.2) is 54.6 Å². The summed E-state index contributed by atoms with van der Waals surface area (Å²) in [6.45, 7) is 16.6. The number of ketones is 4. The number of rotatable bonds is 34. The van der Waals surface area contributed by atoms with Crippen LogP contribution in [0.1, 0.15) is 124 Å². The van der Waals surface area contributed by atoms with E-state index in [0.717, 1.165) is 31.2 Å². The zero-order chi connectivity index (χ0) is 54.5. The van der Waals surface area contributed by atoms with Gasteiger partial charge in [-0.2, -0.15) is 0 Å². The van der Waals surface area contributed by atoms with Crippen LogP contribution in [0.25, 0.3) is 0 Å². The minimum absolute atomic E-state index is 0.00946. The average molecular weight is 1020 g/mol. The van der Waals surface area contributed by atoms with Crippen LogP contribution in [0.4, 0.5) is 5.69 Å². The molecule has 1 saturated heterocycles. The Morgan fingerprint density at radius 1 is 0.795 bits per heavy atom. The smallest absolute Gasteiger partial charge is 0.227 e. The summed E-state index contributed by atoms with van der Waals surface area (Å²) in [4.78, 5) is 101. The predicted octanol–water partition coefficient (Wildman–Crippen LogP) is 6.97. The lowest BCUT2D eigenvalue weighted by molar-refractivity contribution is -0.146. The number of nitrogens with two attached hydrogens (primary N) is 1. The van der Waals surface area contributed by atoms with Crippen molar-refractivity contribution >= 4 is 46.5 Å². The summed E-state index contributed by atoms with van der Waals surface area (Å²) in [5.41, 5.74) is 7.80. The number of likely N-dealkylation sites (tertiary alicyclic amines) is 1. The van der Waals surface area contributed by atoms with Crippen LogP contribution in [0.5, 0.6) is 0 Å². The highest BCUT2D eigenvalue weighted by molar-refractivity contribution is 5.95. The van der Waals surface area contributed by atoms with Gasteiger partial charge in [0.05, 0.1) is 42.8 Å². The number of hydrogen-bond acceptors (Lipinski definition) is 12. The van der Waals surface area contributed by atoms with Crippen LogP contribution in [-0.2, 0) is 55.9 Å². The zero-order valence-corrected chi connectivity index (χ0v) is 46.6. The van der Waals surface area contributed by atoms with Gasteiger partial charge < -0.3 is 35.5 Å². The van der Waals surface area contributed by atoms with E-state index in [1.54, 1.807) is 57.4 Å². The van der Waals surface area contributed by atoms with E-state index in [0.29, 0.717) is 37.2 Å². The first kappa shape index (κ1) is 62.6. The van der Waals surface area contributed by atoms with Crippen LogP contribution in [0, 0.1) is 35.5 Å². The molecule has 0 saturated carbocycles. The predicted molar refractivity (Wildman–Crippen MR) is 289 cm³/mol. The highest BCUT2D eigenvalue weighted by atomic mass is 16.5. The third kappa shape index (κ3) is 19.2. The number of nitrogens with zero attached hydrogens (tertiary/aromatic N) is 3. The second-order valence-electron chi connectivity index (χ2n) is 21.7. The topological polar surface area (TPSA) is 198 Å². The molecule has 0 bridgehead atoms. The zero-order valence-electron chi connectivity index (χ0n) is 46.6. The molecule has 1 heterocycles. The average Bonchev–Trinajstić information content (AvgIpc) is 3.79. The van der Waals surface area contributed by atoms with E-state index >= 15 is 0 Å². The maximum atomic E-state index is 14.4. The second-order valence-corrected chi connectivity index (χ2v) is 21.7. The minimum atomic E-state index is -0.850. The molecule has 4 N–H and O–H groups in total. The van der Waals surface area contributed by atoms with Crippen molar-refractivity contribution in [1.82, 2.24) is 20.0 Å². The normalized spacial score (nSPS) is 17.8. The number of carbonyl (C=O) groups excluding carboxylic acids is 7. The van der Waals surface area contributed by atoms with Crippen molar-refractivity contribution in [2.45, 2.75) is 162 Å². The molecule has 1 fully saturated rings. The molecule has 0 radical (unpaired) electrons. The molecule has 3 rings (SSSR count). The maximum Gasteiger partial charge on any atom is 0.227 e. The van der Waals surface area contributed by atoms with Gasteiger partial charge in [0.1, 0.15) is 11.6 Å². The van der Waals surface area contributed by atoms with Gasteiger partial charge in [0.25, 0.3) is 0 Å². The molecule has 0 aromatic heterocycles. The second kappa shape index (κ2) is 31.3. The molecule has 1 aliphatic rings. The Morgan fingerprint density at radius 3 is 2.00 bits per heavy atom. The molecular weight excluding hydrogens is 925 g/mol. The highest BCUT2D eigenvalue weighted by Gasteiger charge is 2.42. The van der Waals surface area contributed by atoms with Gasteiger partial charge in [-0.25, -0.2) is 0 Å². The molecule has 2 aromatic carbocycles. The number of carbonyl (C=O) groups is 7. The van der Waals surface area contributed by atoms with Crippen molar-refractivity contribution in [2.75, 3.05) is 60.3 Å². The van der Waals surface area contributed by atoms with E-state index in [4.69, 9.17) is 15.2 Å². The van der Waals surface area contributed by atoms with E-state index in [9.17, 15) is 33.6 Å². The monoisotopic (exact) mass is 1020 g/mol. The first-order chi connectivity index (χ1) is 34.6. The number of ether oxygens (including phenoxy) is 2. The van der Waals surface area contributed by atoms with Gasteiger partial charge in [-0.05, 0) is 107 Å². The van der Waals surface area contributed by atoms with Gasteiger partial charge in [0.2, 0.25) is 17.7 Å². The highest BCUT2D eigenvalue weighted by Crippen LogP contribution is 2.30. The third-order valence-corrected chi connectivity index (χ3v) is 15.0. The Bertz CT molecular complexity index is 2050. The number of Topliss-reactive ketones (excluding diaryl/α,β-unsaturated/α-hetero) is 4. The van der Waals surface area contributed by atoms with Crippen molar-refractivity contribution in [3.8, 4) is 0 Å². The molecule has 408 valence electrons. The molecule has 0 aliphatic carbocycles. The molecule has 2 aromatic rings. The molecule has 1 aliphatic heterocycles. The van der Waals surface area contributed by atoms with Gasteiger partial charge >= 0.3 is 0 Å². The number of likely N-dealkylation sites (N-methyl/N-ethyl adjacent to an activating group) is 2. The van der Waals surface area contributed by atoms with Gasteiger partial charge in [-0.1, -0.05) is 104 Å². The first-order valence-corrected chi connectivity index (χ1v) is 26.8. The summed E-state index contributed by atoms with van der Waals surface area (Å²) in [5.74, 6) is -2.63. The van der Waals surface area contributed by atoms with E-state index in [-0.39, 0.29) is 109 Å². The van der Waals surface area contributed by atoms with E-state index < -0.39 is 42.0 Å². The molecule has 15 heteroatoms. The largest absolute Gasteiger partial charge is 0.379 e. The quantitative estimate of drug-likeness (QED) is 0.0610. The lowest BCUT2D eigenvalue weighted by Gasteiger charge is -2.40. The summed E-state index contributed by atoms with van der Waals surface area (Å²) >= 11 is 0. The Labute approximate surface area is 437 Å². The van der Waals surface area contributed by atoms with Gasteiger partial charge in [0.15, 0.2) is 11.6 Å². The van der Waals surface area contributed by atoms with Crippen molar-refractivity contribution in [2.24, 2.45) is 41.2 Å². The molecule has 10 atom stereocenters. The standard InChI is InChI=1S/C58H92N6O9/c1-14-39(6)54(63(11)58(71)47(37(2)3)35-51(68)53(38(4)5)62(9)10)52(72-12)34-46(66)36-64-30-20-24-49(64)55(73-13)41(8)56(69)61-48(32-42-21-16-15-17-22-42)50(67)33-43-25-27-45(28-26-43)60-57(70)44(31-40(7)65)23-18-19-29-59/h15-17,21-22,25-28,37-39,41,44,47-49,52-55H,14,18-20,23-24,29-36,59H2,1-13H3,(H,60,70)(H,61,69)/t39-,41+,44-,47-,48-,49-,52+,53-,54-,55+/m0/s1. The summed E-state index contributed by atoms with van der Waals surface area (Å²) in [5, 5.41) is 5.99. The lowest BCUT2D eigenvalue weighted by atomic mass is 9.83. The third-order valence-electron chi connectivity index (χ3n) is 15.0. The molecule has 0 unspecified atom stereocenters. The number of amides is 3. The van der Waals surface area contributed by atoms with Gasteiger partial charge in [0, 0.05) is 70.5 Å². The minimum Gasteiger partial charge on any atom is -0.379 e. The van der Waals surface area contributed by atoms with Crippen LogP contribution < -0.4 is 16.4 Å². The first-order valence-electron chi connectivity index (χ1n) is 26.8. The fourth-order valence-electron chi connectivity index (χ4n) is 10.9. The van der Waals surface area contributed by atoms with Crippen molar-refractivity contribution in [1.29, 1.82) is 0 Å². The van der Waals surface area contributed by atoms with Crippen LogP contribution in [0.3, 0.4) is 0 Å². The summed E-state index contributed by atoms with van der Waals surface area (Å²) < 4.78 is 12.2. The molecule has 3 amide bonds. The molecule has 15 nitrogen and oxygen atoms in total. The number of unbranched alkanes of at least 4 members (excludes halogenated alkanes) is 1. The van der Waals surface area contributed by atoms with Crippen molar-refractivity contribution in [3.63, 3.8) is 0 Å². The fourth-order valence-corrected chi connectivity index (χ4v) is 10.9. The van der Waals surface area contributed by atoms with E-state index in [1.807, 2.05) is 77.0 Å². The number of hydrogen-bond donors (Lipinski definition) is 3. The van der Waals surface area contributed by atoms with Crippen LogP contribution >= 0.6 is 0 Å². The van der Waals surface area contributed by atoms with Crippen molar-refractivity contribution < 1.29 is 43.0 Å². The number of anilines is 1. The van der Waals surface area contributed by atoms with E-state index in [1.165, 1.54) is 6.92 Å². The number of methoxy groups -OCH3 is 2. The Morgan fingerprint density at radius 2 is 1.45 bits per heavy atom. The maximum absolute atomic E-state index is 14.4. The Kier molecular flexibility index (Phi) is 26.8. The summed E-state index contributed by atoms with van der Waals surface area (Å²) in [7, 11) is 8.71. The van der Waals surface area contributed by atoms with E-state index in [2.05, 4.69) is 29.4 Å². The Hall–Kier alpha value is -4.67. The van der Waals surface area contributed by atoms with Gasteiger partial charge in [-0.15, -0.1) is 0 Å². The molecule has 73 heavy (non-hydrogen) atoms. The SMILES string of the molecule is CC[C@H](C)[C@@H]([C@@H](CC(=O)CN1CCC[C@H]1[C@H](OC)[C@@H](C)C(=O)N[C@@H](Cc1ccccc1)C(=O)Cc1ccc(NC(=O)[C@@H](CCCCN)CC(C)=O)cc1)OC)N(C)C(=O)[C@@H](CC(=O)[C@H](C(C)C)N(C)C)C(C)C. The van der Waals surface area contributed by atoms with Gasteiger partial charge in [-0.3, -0.25) is 38.6 Å². The number of nitrogens with one attached hydrogen (secondary N) is 2. The fraction of sp³-hybridized carbons (Fsp3) is 0.672. The lowest BCUT2D eigenvalue weighted by Crippen LogP contribution is -2.53. The summed E-state index contributed by atoms with van der Waals surface area (Å²) in [6, 6.07) is 14.7. The summed E-state index contributed by atoms with van der Waals surface area (Å²) in [6.07, 6.45) is 3.82. The van der Waals surface area contributed by atoms with Crippen LogP contribution in [0.2, 0.25) is 0 Å². The van der Waals surface area contributed by atoms with Crippen LogP contribution in [-0.4, -0.2) is 147 Å². The van der Waals surface area contributed by atoms with Crippen molar-refractivity contribution in [3.05, 3.63) is 65.7 Å². The Balaban J connectivity index is 1.75. The molecular formula is C58H92N6O9.